The molecule has 0 atom stereocenters. The van der Waals surface area contributed by atoms with Crippen LogP contribution in [0.25, 0.3) is 0 Å². The van der Waals surface area contributed by atoms with Gasteiger partial charge >= 0.3 is 6.09 Å². The molecule has 0 unspecified atom stereocenters. The number of carbonyl (C=O) groups excluding carboxylic acids is 2. The van der Waals surface area contributed by atoms with Gasteiger partial charge in [0, 0.05) is 25.4 Å². The van der Waals surface area contributed by atoms with Gasteiger partial charge in [-0.3, -0.25) is 4.79 Å². The number of ether oxygens (including phenoxy) is 1. The van der Waals surface area contributed by atoms with E-state index in [1.807, 2.05) is 0 Å². The van der Waals surface area contributed by atoms with Gasteiger partial charge in [0.25, 0.3) is 0 Å². The molecule has 0 spiro atoms. The number of rotatable bonds is 3. The Morgan fingerprint density at radius 3 is 2.29 bits per heavy atom. The van der Waals surface area contributed by atoms with Crippen molar-refractivity contribution in [3.8, 4) is 0 Å². The highest BCUT2D eigenvalue weighted by Gasteiger charge is 2.37. The molecule has 1 aliphatic heterocycles. The van der Waals surface area contributed by atoms with Gasteiger partial charge in [0.05, 0.1) is 5.71 Å². The summed E-state index contributed by atoms with van der Waals surface area (Å²) in [4.78, 5) is 24.3. The van der Waals surface area contributed by atoms with E-state index in [-0.39, 0.29) is 23.5 Å². The van der Waals surface area contributed by atoms with Crippen LogP contribution in [0.15, 0.2) is 0 Å². The Morgan fingerprint density at radius 1 is 1.35 bits per heavy atom. The fourth-order valence-corrected chi connectivity index (χ4v) is 1.49. The van der Waals surface area contributed by atoms with E-state index in [0.717, 1.165) is 0 Å². The third-order valence-corrected chi connectivity index (χ3v) is 2.47. The van der Waals surface area contributed by atoms with Gasteiger partial charge in [0.2, 0.25) is 0 Å². The summed E-state index contributed by atoms with van der Waals surface area (Å²) in [6.07, 6.45) is 0.993. The Morgan fingerprint density at radius 2 is 1.88 bits per heavy atom. The van der Waals surface area contributed by atoms with Crippen LogP contribution in [0.2, 0.25) is 0 Å². The molecule has 0 aromatic carbocycles. The molecule has 95 valence electrons. The molecule has 0 saturated carbocycles. The zero-order chi connectivity index (χ0) is 13.2. The second-order valence-corrected chi connectivity index (χ2v) is 5.15. The summed E-state index contributed by atoms with van der Waals surface area (Å²) in [5.74, 6) is -0.412. The summed E-state index contributed by atoms with van der Waals surface area (Å²) in [6, 6.07) is 0. The normalized spacial score (nSPS) is 16.4. The van der Waals surface area contributed by atoms with Crippen LogP contribution in [-0.4, -0.2) is 41.2 Å². The molecule has 1 fully saturated rings. The first kappa shape index (κ1) is 13.7. The molecule has 5 nitrogen and oxygen atoms in total. The van der Waals surface area contributed by atoms with Crippen molar-refractivity contribution >= 4 is 17.6 Å². The van der Waals surface area contributed by atoms with Gasteiger partial charge in [-0.15, -0.1) is 0 Å². The molecule has 1 heterocycles. The summed E-state index contributed by atoms with van der Waals surface area (Å²) in [7, 11) is 0. The van der Waals surface area contributed by atoms with E-state index in [1.165, 1.54) is 11.3 Å². The molecular formula is C12H19N2O3. The standard InChI is InChI=1S/C12H19N2O3/c1-5-9(15)10(13)8-6-14(7-8)11(16)17-12(2,3)4/h5,8,13H,6-7H2,1-4H3. The number of amides is 1. The number of carbonyl (C=O) groups is 2. The number of Topliss-reactive ketones (excluding diaryl/α,β-unsaturated/α-hetero) is 1. The maximum Gasteiger partial charge on any atom is 0.410 e. The average Bonchev–Trinajstić information content (AvgIpc) is 2.10. The van der Waals surface area contributed by atoms with E-state index in [1.54, 1.807) is 27.7 Å². The molecule has 1 amide bonds. The van der Waals surface area contributed by atoms with Crippen molar-refractivity contribution in [1.82, 2.24) is 4.90 Å². The van der Waals surface area contributed by atoms with Crippen molar-refractivity contribution in [2.45, 2.75) is 33.3 Å². The van der Waals surface area contributed by atoms with Gasteiger partial charge in [0.1, 0.15) is 5.60 Å². The minimum Gasteiger partial charge on any atom is -0.444 e. The number of nitrogens with zero attached hydrogens (tertiary/aromatic N) is 1. The third kappa shape index (κ3) is 3.54. The molecule has 1 rings (SSSR count). The van der Waals surface area contributed by atoms with Gasteiger partial charge in [-0.1, -0.05) is 6.92 Å². The molecule has 5 heteroatoms. The van der Waals surface area contributed by atoms with Crippen LogP contribution in [0.1, 0.15) is 27.7 Å². The van der Waals surface area contributed by atoms with E-state index >= 15 is 0 Å². The van der Waals surface area contributed by atoms with Crippen LogP contribution in [0, 0.1) is 17.7 Å². The predicted octanol–water partition coefficient (Wildman–Crippen LogP) is 1.67. The first-order chi connectivity index (χ1) is 7.74. The van der Waals surface area contributed by atoms with Crippen LogP contribution >= 0.6 is 0 Å². The molecule has 1 saturated heterocycles. The smallest absolute Gasteiger partial charge is 0.410 e. The summed E-state index contributed by atoms with van der Waals surface area (Å²) in [5, 5.41) is 7.60. The zero-order valence-corrected chi connectivity index (χ0v) is 10.7. The Kier molecular flexibility index (Phi) is 3.91. The van der Waals surface area contributed by atoms with E-state index in [0.29, 0.717) is 13.1 Å². The number of hydrogen-bond acceptors (Lipinski definition) is 4. The minimum absolute atomic E-state index is 0.0762. The monoisotopic (exact) mass is 239 g/mol. The van der Waals surface area contributed by atoms with Crippen LogP contribution in [0.5, 0.6) is 0 Å². The van der Waals surface area contributed by atoms with E-state index in [2.05, 4.69) is 0 Å². The molecule has 17 heavy (non-hydrogen) atoms. The first-order valence-electron chi connectivity index (χ1n) is 5.64. The van der Waals surface area contributed by atoms with Crippen molar-refractivity contribution in [1.29, 1.82) is 5.41 Å². The van der Waals surface area contributed by atoms with Gasteiger partial charge in [-0.05, 0) is 20.8 Å². The zero-order valence-electron chi connectivity index (χ0n) is 10.7. The van der Waals surface area contributed by atoms with E-state index in [9.17, 15) is 9.59 Å². The maximum atomic E-state index is 11.6. The predicted molar refractivity (Wildman–Crippen MR) is 64.0 cm³/mol. The molecular weight excluding hydrogens is 220 g/mol. The minimum atomic E-state index is -0.511. The highest BCUT2D eigenvalue weighted by atomic mass is 16.6. The van der Waals surface area contributed by atoms with Crippen molar-refractivity contribution in [2.75, 3.05) is 13.1 Å². The summed E-state index contributed by atoms with van der Waals surface area (Å²) in [5.41, 5.74) is -0.435. The molecule has 1 N–H and O–H groups in total. The molecule has 0 bridgehead atoms. The summed E-state index contributed by atoms with van der Waals surface area (Å²) < 4.78 is 5.18. The largest absolute Gasteiger partial charge is 0.444 e. The van der Waals surface area contributed by atoms with Crippen molar-refractivity contribution in [3.63, 3.8) is 0 Å². The van der Waals surface area contributed by atoms with Crippen LogP contribution in [0.4, 0.5) is 4.79 Å². The molecule has 0 aromatic heterocycles. The summed E-state index contributed by atoms with van der Waals surface area (Å²) in [6.45, 7) is 7.82. The Hall–Kier alpha value is -1.39. The van der Waals surface area contributed by atoms with Gasteiger partial charge < -0.3 is 15.0 Å². The lowest BCUT2D eigenvalue weighted by molar-refractivity contribution is -0.110. The second kappa shape index (κ2) is 4.85. The quantitative estimate of drug-likeness (QED) is 0.761. The first-order valence-corrected chi connectivity index (χ1v) is 5.64. The molecule has 1 radical (unpaired) electrons. The van der Waals surface area contributed by atoms with E-state index in [4.69, 9.17) is 10.1 Å². The maximum absolute atomic E-state index is 11.6. The molecule has 1 aliphatic rings. The average molecular weight is 239 g/mol. The fourth-order valence-electron chi connectivity index (χ4n) is 1.49. The van der Waals surface area contributed by atoms with Gasteiger partial charge in [-0.2, -0.15) is 0 Å². The Labute approximate surface area is 102 Å². The Bertz CT molecular complexity index is 338. The SMILES string of the molecule is C[CH]C(=O)C(=N)C1CN(C(=O)OC(C)(C)C)C1. The highest BCUT2D eigenvalue weighted by Crippen LogP contribution is 2.20. The van der Waals surface area contributed by atoms with Crippen molar-refractivity contribution in [2.24, 2.45) is 5.92 Å². The van der Waals surface area contributed by atoms with Crippen LogP contribution in [-0.2, 0) is 9.53 Å². The number of likely N-dealkylation sites (tertiary alicyclic amines) is 1. The van der Waals surface area contributed by atoms with Crippen LogP contribution < -0.4 is 0 Å². The number of nitrogens with one attached hydrogen (secondary N) is 1. The summed E-state index contributed by atoms with van der Waals surface area (Å²) >= 11 is 0. The fraction of sp³-hybridized carbons (Fsp3) is 0.667. The molecule has 0 aromatic rings. The topological polar surface area (TPSA) is 70.5 Å². The van der Waals surface area contributed by atoms with E-state index < -0.39 is 5.60 Å². The van der Waals surface area contributed by atoms with Gasteiger partial charge in [-0.25, -0.2) is 4.79 Å². The third-order valence-electron chi connectivity index (χ3n) is 2.47. The van der Waals surface area contributed by atoms with Crippen molar-refractivity contribution in [3.05, 3.63) is 6.42 Å². The Balaban J connectivity index is 2.39. The number of hydrogen-bond donors (Lipinski definition) is 1. The lowest BCUT2D eigenvalue weighted by Gasteiger charge is -2.39. The highest BCUT2D eigenvalue weighted by molar-refractivity contribution is 6.42. The van der Waals surface area contributed by atoms with Crippen molar-refractivity contribution < 1.29 is 14.3 Å². The molecule has 0 aliphatic carbocycles. The van der Waals surface area contributed by atoms with Gasteiger partial charge in [0.15, 0.2) is 5.78 Å². The van der Waals surface area contributed by atoms with Crippen LogP contribution in [0.3, 0.4) is 0 Å². The lowest BCUT2D eigenvalue weighted by atomic mass is 9.91. The number of ketones is 1. The lowest BCUT2D eigenvalue weighted by Crippen LogP contribution is -2.55. The second-order valence-electron chi connectivity index (χ2n) is 5.15.